The van der Waals surface area contributed by atoms with Gasteiger partial charge in [0.1, 0.15) is 11.6 Å². The Kier molecular flexibility index (Phi) is 6.71. The fourth-order valence-electron chi connectivity index (χ4n) is 4.28. The highest BCUT2D eigenvalue weighted by atomic mass is 32.2. The molecular formula is C25H25FN6OS. The number of aromatic nitrogens is 5. The second kappa shape index (κ2) is 10.2. The van der Waals surface area contributed by atoms with E-state index in [1.54, 1.807) is 18.3 Å². The number of rotatable bonds is 8. The highest BCUT2D eigenvalue weighted by Crippen LogP contribution is 2.31. The summed E-state index contributed by atoms with van der Waals surface area (Å²) in [6.07, 6.45) is 6.30. The lowest BCUT2D eigenvalue weighted by Gasteiger charge is -2.14. The molecule has 0 saturated heterocycles. The smallest absolute Gasteiger partial charge is 0.235 e. The van der Waals surface area contributed by atoms with Crippen LogP contribution in [-0.4, -0.2) is 36.2 Å². The minimum Gasteiger partial charge on any atom is -0.310 e. The van der Waals surface area contributed by atoms with Gasteiger partial charge < -0.3 is 5.32 Å². The molecule has 1 amide bonds. The summed E-state index contributed by atoms with van der Waals surface area (Å²) >= 11 is 1.33. The zero-order valence-corrected chi connectivity index (χ0v) is 19.4. The van der Waals surface area contributed by atoms with Crippen LogP contribution in [0, 0.1) is 5.82 Å². The van der Waals surface area contributed by atoms with Gasteiger partial charge in [0.05, 0.1) is 24.5 Å². The minimum absolute atomic E-state index is 0.123. The predicted molar refractivity (Wildman–Crippen MR) is 130 cm³/mol. The Labute approximate surface area is 201 Å². The van der Waals surface area contributed by atoms with Crippen LogP contribution in [-0.2, 0) is 11.3 Å². The van der Waals surface area contributed by atoms with Crippen LogP contribution in [0.5, 0.6) is 0 Å². The van der Waals surface area contributed by atoms with Crippen LogP contribution in [0.2, 0.25) is 0 Å². The van der Waals surface area contributed by atoms with Gasteiger partial charge >= 0.3 is 0 Å². The highest BCUT2D eigenvalue weighted by molar-refractivity contribution is 7.99. The molecule has 34 heavy (non-hydrogen) atoms. The number of benzene rings is 2. The van der Waals surface area contributed by atoms with Crippen molar-refractivity contribution in [3.05, 3.63) is 78.2 Å². The molecule has 1 aliphatic carbocycles. The van der Waals surface area contributed by atoms with Crippen molar-refractivity contribution < 1.29 is 9.18 Å². The average molecular weight is 477 g/mol. The Hall–Kier alpha value is -3.46. The fraction of sp³-hybridized carbons (Fsp3) is 0.280. The SMILES string of the molecule is O=C(CSc1nnc(-c2ccc(F)cc2)n1Cc1ccccc1)Nc1ccnn1C1CCCC1. The van der Waals surface area contributed by atoms with Crippen molar-refractivity contribution in [3.8, 4) is 11.4 Å². The zero-order valence-electron chi connectivity index (χ0n) is 18.6. The molecule has 2 aromatic heterocycles. The molecule has 1 saturated carbocycles. The second-order valence-corrected chi connectivity index (χ2v) is 9.26. The molecule has 0 radical (unpaired) electrons. The third kappa shape index (κ3) is 5.04. The number of hydrogen-bond donors (Lipinski definition) is 1. The number of carbonyl (C=O) groups excluding carboxylic acids is 1. The van der Waals surface area contributed by atoms with E-state index in [9.17, 15) is 9.18 Å². The number of halogens is 1. The lowest BCUT2D eigenvalue weighted by molar-refractivity contribution is -0.113. The van der Waals surface area contributed by atoms with Gasteiger partial charge in [-0.1, -0.05) is 54.9 Å². The Morgan fingerprint density at radius 3 is 2.56 bits per heavy atom. The highest BCUT2D eigenvalue weighted by Gasteiger charge is 2.21. The average Bonchev–Trinajstić information content (AvgIpc) is 3.61. The van der Waals surface area contributed by atoms with E-state index in [0.29, 0.717) is 23.6 Å². The third-order valence-corrected chi connectivity index (χ3v) is 6.91. The first-order chi connectivity index (χ1) is 16.7. The zero-order chi connectivity index (χ0) is 23.3. The van der Waals surface area contributed by atoms with Gasteiger partial charge in [-0.15, -0.1) is 10.2 Å². The van der Waals surface area contributed by atoms with Crippen LogP contribution in [0.1, 0.15) is 37.3 Å². The molecule has 7 nitrogen and oxygen atoms in total. The van der Waals surface area contributed by atoms with E-state index in [0.717, 1.165) is 29.8 Å². The first-order valence-electron chi connectivity index (χ1n) is 11.4. The van der Waals surface area contributed by atoms with Gasteiger partial charge in [-0.05, 0) is 42.7 Å². The quantitative estimate of drug-likeness (QED) is 0.355. The number of amides is 1. The molecule has 0 unspecified atom stereocenters. The standard InChI is InChI=1S/C25H25FN6OS/c26-20-12-10-19(11-13-20)24-29-30-25(31(24)16-18-6-2-1-3-7-18)34-17-23(33)28-22-14-15-27-32(22)21-8-4-5-9-21/h1-3,6-7,10-15,21H,4-5,8-9,16-17H2,(H,28,33). The summed E-state index contributed by atoms with van der Waals surface area (Å²) in [4.78, 5) is 12.8. The number of carbonyl (C=O) groups is 1. The minimum atomic E-state index is -0.305. The first-order valence-corrected chi connectivity index (χ1v) is 12.3. The molecule has 0 bridgehead atoms. The Bertz CT molecular complexity index is 1250. The summed E-state index contributed by atoms with van der Waals surface area (Å²) in [6, 6.07) is 18.4. The van der Waals surface area contributed by atoms with Gasteiger partial charge in [0, 0.05) is 11.6 Å². The second-order valence-electron chi connectivity index (χ2n) is 8.32. The van der Waals surface area contributed by atoms with Crippen LogP contribution in [0.4, 0.5) is 10.2 Å². The van der Waals surface area contributed by atoms with E-state index >= 15 is 0 Å². The van der Waals surface area contributed by atoms with Crippen LogP contribution >= 0.6 is 11.8 Å². The normalized spacial score (nSPS) is 13.9. The molecule has 1 fully saturated rings. The summed E-state index contributed by atoms with van der Waals surface area (Å²) in [5.74, 6) is 1.12. The summed E-state index contributed by atoms with van der Waals surface area (Å²) < 4.78 is 17.3. The molecule has 0 atom stereocenters. The summed E-state index contributed by atoms with van der Waals surface area (Å²) in [5, 5.41) is 16.7. The molecule has 1 aliphatic rings. The molecule has 5 rings (SSSR count). The molecule has 2 heterocycles. The first kappa shape index (κ1) is 22.3. The van der Waals surface area contributed by atoms with Crippen molar-refractivity contribution in [2.24, 2.45) is 0 Å². The van der Waals surface area contributed by atoms with Gasteiger partial charge in [0.2, 0.25) is 5.91 Å². The maximum absolute atomic E-state index is 13.4. The van der Waals surface area contributed by atoms with Gasteiger partial charge in [-0.3, -0.25) is 9.36 Å². The van der Waals surface area contributed by atoms with Gasteiger partial charge in [-0.25, -0.2) is 9.07 Å². The molecule has 9 heteroatoms. The van der Waals surface area contributed by atoms with Crippen molar-refractivity contribution in [2.75, 3.05) is 11.1 Å². The third-order valence-electron chi connectivity index (χ3n) is 5.94. The van der Waals surface area contributed by atoms with E-state index in [1.165, 1.54) is 36.7 Å². The van der Waals surface area contributed by atoms with Crippen LogP contribution in [0.3, 0.4) is 0 Å². The summed E-state index contributed by atoms with van der Waals surface area (Å²) in [5.41, 5.74) is 1.85. The molecular weight excluding hydrogens is 451 g/mol. The van der Waals surface area contributed by atoms with E-state index in [1.807, 2.05) is 45.6 Å². The Morgan fingerprint density at radius 2 is 1.79 bits per heavy atom. The topological polar surface area (TPSA) is 77.6 Å². The van der Waals surface area contributed by atoms with Crippen molar-refractivity contribution in [2.45, 2.75) is 43.4 Å². The van der Waals surface area contributed by atoms with Crippen LogP contribution in [0.25, 0.3) is 11.4 Å². The fourth-order valence-corrected chi connectivity index (χ4v) is 5.02. The van der Waals surface area contributed by atoms with E-state index < -0.39 is 0 Å². The Morgan fingerprint density at radius 1 is 1.03 bits per heavy atom. The maximum Gasteiger partial charge on any atom is 0.235 e. The van der Waals surface area contributed by atoms with Crippen LogP contribution < -0.4 is 5.32 Å². The monoisotopic (exact) mass is 476 g/mol. The lowest BCUT2D eigenvalue weighted by Crippen LogP contribution is -2.19. The van der Waals surface area contributed by atoms with E-state index in [4.69, 9.17) is 0 Å². The molecule has 4 aromatic rings. The lowest BCUT2D eigenvalue weighted by atomic mass is 10.2. The van der Waals surface area contributed by atoms with Gasteiger partial charge in [0.25, 0.3) is 0 Å². The van der Waals surface area contributed by atoms with Crippen molar-refractivity contribution >= 4 is 23.5 Å². The number of thioether (sulfide) groups is 1. The van der Waals surface area contributed by atoms with Gasteiger partial charge in [-0.2, -0.15) is 5.10 Å². The molecule has 2 aromatic carbocycles. The maximum atomic E-state index is 13.4. The largest absolute Gasteiger partial charge is 0.310 e. The number of nitrogens with zero attached hydrogens (tertiary/aromatic N) is 5. The van der Waals surface area contributed by atoms with Crippen molar-refractivity contribution in [1.82, 2.24) is 24.5 Å². The Balaban J connectivity index is 1.32. The van der Waals surface area contributed by atoms with E-state index in [2.05, 4.69) is 20.6 Å². The summed E-state index contributed by atoms with van der Waals surface area (Å²) in [7, 11) is 0. The number of hydrogen-bond acceptors (Lipinski definition) is 5. The number of anilines is 1. The predicted octanol–water partition coefficient (Wildman–Crippen LogP) is 5.17. The van der Waals surface area contributed by atoms with Gasteiger partial charge in [0.15, 0.2) is 11.0 Å². The van der Waals surface area contributed by atoms with Crippen LogP contribution in [0.15, 0.2) is 72.0 Å². The van der Waals surface area contributed by atoms with Crippen molar-refractivity contribution in [1.29, 1.82) is 0 Å². The molecule has 0 spiro atoms. The summed E-state index contributed by atoms with van der Waals surface area (Å²) in [6.45, 7) is 0.541. The molecule has 0 aliphatic heterocycles. The van der Waals surface area contributed by atoms with Crippen molar-refractivity contribution in [3.63, 3.8) is 0 Å². The molecule has 1 N–H and O–H groups in total. The number of nitrogens with one attached hydrogen (secondary N) is 1. The molecule has 174 valence electrons. The van der Waals surface area contributed by atoms with E-state index in [-0.39, 0.29) is 17.5 Å².